The monoisotopic (exact) mass is 268 g/mol. The molecule has 0 unspecified atom stereocenters. The zero-order valence-corrected chi connectivity index (χ0v) is 11.6. The van der Waals surface area contributed by atoms with Gasteiger partial charge in [-0.2, -0.15) is 0 Å². The van der Waals surface area contributed by atoms with Crippen LogP contribution in [0.4, 0.5) is 0 Å². The molecule has 0 bridgehead atoms. The lowest BCUT2D eigenvalue weighted by atomic mass is 9.98. The van der Waals surface area contributed by atoms with Crippen molar-refractivity contribution in [2.24, 2.45) is 0 Å². The largest absolute Gasteiger partial charge is 0.435 e. The number of ether oxygens (including phenoxy) is 3. The van der Waals surface area contributed by atoms with Crippen molar-refractivity contribution >= 4 is 5.97 Å². The Labute approximate surface area is 115 Å². The van der Waals surface area contributed by atoms with E-state index in [0.29, 0.717) is 31.3 Å². The van der Waals surface area contributed by atoms with Gasteiger partial charge in [0, 0.05) is 12.0 Å². The van der Waals surface area contributed by atoms with Crippen molar-refractivity contribution in [2.75, 3.05) is 20.0 Å². The van der Waals surface area contributed by atoms with E-state index in [0.717, 1.165) is 12.8 Å². The van der Waals surface area contributed by atoms with Crippen molar-refractivity contribution in [2.45, 2.75) is 44.6 Å². The molecule has 0 N–H and O–H groups in total. The Morgan fingerprint density at radius 3 is 2.68 bits per heavy atom. The molecule has 0 atom stereocenters. The molecule has 19 heavy (non-hydrogen) atoms. The maximum absolute atomic E-state index is 11.5. The first kappa shape index (κ1) is 15.9. The van der Waals surface area contributed by atoms with Crippen LogP contribution in [-0.2, 0) is 19.0 Å². The third-order valence-corrected chi connectivity index (χ3v) is 3.11. The summed E-state index contributed by atoms with van der Waals surface area (Å²) in [5.74, 6) is -0.420. The van der Waals surface area contributed by atoms with Gasteiger partial charge in [0.25, 0.3) is 0 Å². The minimum absolute atomic E-state index is 0.0621. The molecule has 1 rings (SSSR count). The summed E-state index contributed by atoms with van der Waals surface area (Å²) in [6.45, 7) is 8.04. The zero-order valence-electron chi connectivity index (χ0n) is 11.6. The standard InChI is InChI=1S/C15H24O4/c1-3-10-17-12-19-15(16)13(2)9-11-18-14-7-5-4-6-8-14/h3,14H,1-2,4-12H2. The molecule has 0 amide bonds. The molecule has 0 heterocycles. The Morgan fingerprint density at radius 1 is 1.26 bits per heavy atom. The van der Waals surface area contributed by atoms with Gasteiger partial charge in [0.05, 0.1) is 19.3 Å². The van der Waals surface area contributed by atoms with E-state index in [1.54, 1.807) is 6.08 Å². The van der Waals surface area contributed by atoms with E-state index in [4.69, 9.17) is 14.2 Å². The summed E-state index contributed by atoms with van der Waals surface area (Å²) in [4.78, 5) is 11.5. The zero-order chi connectivity index (χ0) is 13.9. The van der Waals surface area contributed by atoms with Crippen LogP contribution < -0.4 is 0 Å². The lowest BCUT2D eigenvalue weighted by Crippen LogP contribution is -2.18. The van der Waals surface area contributed by atoms with E-state index in [-0.39, 0.29) is 6.79 Å². The van der Waals surface area contributed by atoms with Crippen LogP contribution in [0.5, 0.6) is 0 Å². The van der Waals surface area contributed by atoms with Gasteiger partial charge >= 0.3 is 5.97 Å². The first-order chi connectivity index (χ1) is 9.24. The molecular weight excluding hydrogens is 244 g/mol. The second-order valence-corrected chi connectivity index (χ2v) is 4.69. The normalized spacial score (nSPS) is 16.0. The Balaban J connectivity index is 2.05. The van der Waals surface area contributed by atoms with Gasteiger partial charge in [-0.15, -0.1) is 6.58 Å². The molecule has 1 saturated carbocycles. The molecule has 1 aliphatic rings. The number of esters is 1. The van der Waals surface area contributed by atoms with E-state index in [1.807, 2.05) is 0 Å². The lowest BCUT2D eigenvalue weighted by Gasteiger charge is -2.22. The van der Waals surface area contributed by atoms with Crippen LogP contribution in [0.3, 0.4) is 0 Å². The van der Waals surface area contributed by atoms with Crippen LogP contribution in [0.15, 0.2) is 24.8 Å². The summed E-state index contributed by atoms with van der Waals surface area (Å²) in [6.07, 6.45) is 8.52. The van der Waals surface area contributed by atoms with Crippen LogP contribution in [0.1, 0.15) is 38.5 Å². The molecule has 0 aromatic heterocycles. The highest BCUT2D eigenvalue weighted by molar-refractivity contribution is 5.87. The van der Waals surface area contributed by atoms with Gasteiger partial charge in [-0.1, -0.05) is 31.9 Å². The quantitative estimate of drug-likeness (QED) is 0.212. The van der Waals surface area contributed by atoms with Gasteiger partial charge in [0.15, 0.2) is 6.79 Å². The second kappa shape index (κ2) is 9.75. The summed E-state index contributed by atoms with van der Waals surface area (Å²) in [5, 5.41) is 0. The molecular formula is C15H24O4. The number of hydrogen-bond acceptors (Lipinski definition) is 4. The van der Waals surface area contributed by atoms with Crippen molar-refractivity contribution in [3.05, 3.63) is 24.8 Å². The van der Waals surface area contributed by atoms with E-state index >= 15 is 0 Å². The van der Waals surface area contributed by atoms with Gasteiger partial charge in [0.1, 0.15) is 0 Å². The molecule has 0 saturated heterocycles. The summed E-state index contributed by atoms with van der Waals surface area (Å²) >= 11 is 0. The fourth-order valence-electron chi connectivity index (χ4n) is 2.01. The van der Waals surface area contributed by atoms with Gasteiger partial charge in [-0.05, 0) is 12.8 Å². The molecule has 0 radical (unpaired) electrons. The van der Waals surface area contributed by atoms with Gasteiger partial charge in [-0.25, -0.2) is 4.79 Å². The molecule has 0 aromatic carbocycles. The van der Waals surface area contributed by atoms with Crippen molar-refractivity contribution < 1.29 is 19.0 Å². The van der Waals surface area contributed by atoms with Gasteiger partial charge < -0.3 is 14.2 Å². The first-order valence-electron chi connectivity index (χ1n) is 6.89. The third kappa shape index (κ3) is 7.13. The SMILES string of the molecule is C=CCOCOC(=O)C(=C)CCOC1CCCCC1. The maximum Gasteiger partial charge on any atom is 0.335 e. The fraction of sp³-hybridized carbons (Fsp3) is 0.667. The van der Waals surface area contributed by atoms with E-state index in [1.165, 1.54) is 19.3 Å². The van der Waals surface area contributed by atoms with Crippen molar-refractivity contribution in [1.82, 2.24) is 0 Å². The molecule has 0 aliphatic heterocycles. The summed E-state index contributed by atoms with van der Waals surface area (Å²) in [6, 6.07) is 0. The second-order valence-electron chi connectivity index (χ2n) is 4.69. The minimum atomic E-state index is -0.420. The van der Waals surface area contributed by atoms with E-state index in [2.05, 4.69) is 13.2 Å². The van der Waals surface area contributed by atoms with Crippen LogP contribution >= 0.6 is 0 Å². The van der Waals surface area contributed by atoms with Crippen LogP contribution in [0.25, 0.3) is 0 Å². The molecule has 1 aliphatic carbocycles. The Kier molecular flexibility index (Phi) is 8.18. The van der Waals surface area contributed by atoms with Gasteiger partial charge in [-0.3, -0.25) is 0 Å². The Bertz CT molecular complexity index is 293. The summed E-state index contributed by atoms with van der Waals surface area (Å²) < 4.78 is 15.6. The molecule has 4 nitrogen and oxygen atoms in total. The minimum Gasteiger partial charge on any atom is -0.435 e. The maximum atomic E-state index is 11.5. The van der Waals surface area contributed by atoms with Crippen molar-refractivity contribution in [3.8, 4) is 0 Å². The van der Waals surface area contributed by atoms with Gasteiger partial charge in [0.2, 0.25) is 0 Å². The molecule has 1 fully saturated rings. The first-order valence-corrected chi connectivity index (χ1v) is 6.89. The molecule has 0 spiro atoms. The number of rotatable bonds is 9. The molecule has 0 aromatic rings. The highest BCUT2D eigenvalue weighted by atomic mass is 16.7. The predicted octanol–water partition coefficient (Wildman–Crippen LogP) is 2.99. The highest BCUT2D eigenvalue weighted by Gasteiger charge is 2.14. The Hall–Kier alpha value is -1.13. The Morgan fingerprint density at radius 2 is 2.00 bits per heavy atom. The van der Waals surface area contributed by atoms with Crippen molar-refractivity contribution in [1.29, 1.82) is 0 Å². The average molecular weight is 268 g/mol. The van der Waals surface area contributed by atoms with E-state index in [9.17, 15) is 4.79 Å². The van der Waals surface area contributed by atoms with Crippen LogP contribution in [0, 0.1) is 0 Å². The number of carbonyl (C=O) groups is 1. The topological polar surface area (TPSA) is 44.8 Å². The lowest BCUT2D eigenvalue weighted by molar-refractivity contribution is -0.150. The van der Waals surface area contributed by atoms with E-state index < -0.39 is 5.97 Å². The smallest absolute Gasteiger partial charge is 0.335 e. The fourth-order valence-corrected chi connectivity index (χ4v) is 2.01. The van der Waals surface area contributed by atoms with Crippen LogP contribution in [0.2, 0.25) is 0 Å². The van der Waals surface area contributed by atoms with Crippen molar-refractivity contribution in [3.63, 3.8) is 0 Å². The molecule has 108 valence electrons. The summed E-state index contributed by atoms with van der Waals surface area (Å²) in [5.41, 5.74) is 0.429. The number of hydrogen-bond donors (Lipinski definition) is 0. The highest BCUT2D eigenvalue weighted by Crippen LogP contribution is 2.20. The summed E-state index contributed by atoms with van der Waals surface area (Å²) in [7, 11) is 0. The predicted molar refractivity (Wildman–Crippen MR) is 73.7 cm³/mol. The number of carbonyl (C=O) groups excluding carboxylic acids is 1. The average Bonchev–Trinajstić information content (AvgIpc) is 2.44. The molecule has 4 heteroatoms. The third-order valence-electron chi connectivity index (χ3n) is 3.11. The van der Waals surface area contributed by atoms with Crippen LogP contribution in [-0.4, -0.2) is 32.1 Å².